The third kappa shape index (κ3) is 3.25. The summed E-state index contributed by atoms with van der Waals surface area (Å²) >= 11 is 11.2. The predicted molar refractivity (Wildman–Crippen MR) is 71.5 cm³/mol. The lowest BCUT2D eigenvalue weighted by Gasteiger charge is -1.98. The van der Waals surface area contributed by atoms with Crippen LogP contribution in [0.25, 0.3) is 0 Å². The molecule has 0 radical (unpaired) electrons. The van der Waals surface area contributed by atoms with Crippen molar-refractivity contribution in [2.24, 2.45) is 10.2 Å². The molecular formula is C11H5Cl2FN4O2. The van der Waals surface area contributed by atoms with Gasteiger partial charge in [-0.3, -0.25) is 10.1 Å². The molecule has 0 aliphatic heterocycles. The van der Waals surface area contributed by atoms with Crippen molar-refractivity contribution in [3.8, 4) is 0 Å². The average Bonchev–Trinajstić information content (AvgIpc) is 2.39. The third-order valence-corrected chi connectivity index (χ3v) is 2.71. The molecule has 0 atom stereocenters. The summed E-state index contributed by atoms with van der Waals surface area (Å²) in [6.07, 6.45) is 1.34. The smallest absolute Gasteiger partial charge is 0.258 e. The first-order chi connectivity index (χ1) is 9.47. The lowest BCUT2D eigenvalue weighted by molar-refractivity contribution is -0.384. The Labute approximate surface area is 122 Å². The number of nitrogens with zero attached hydrogens (tertiary/aromatic N) is 4. The van der Waals surface area contributed by atoms with E-state index in [-0.39, 0.29) is 16.5 Å². The number of hydrogen-bond acceptors (Lipinski definition) is 5. The lowest BCUT2D eigenvalue weighted by atomic mass is 10.3. The SMILES string of the molecule is O=[N+]([O-])c1cc(N=Nc2ccc(Cl)cn2)c(F)cc1Cl. The Kier molecular flexibility index (Phi) is 4.21. The van der Waals surface area contributed by atoms with E-state index < -0.39 is 16.4 Å². The van der Waals surface area contributed by atoms with Crippen LogP contribution in [0.2, 0.25) is 10.0 Å². The maximum Gasteiger partial charge on any atom is 0.290 e. The van der Waals surface area contributed by atoms with Crippen LogP contribution in [0, 0.1) is 15.9 Å². The molecule has 0 N–H and O–H groups in total. The van der Waals surface area contributed by atoms with Crippen LogP contribution in [0.3, 0.4) is 0 Å². The van der Waals surface area contributed by atoms with E-state index in [1.807, 2.05) is 0 Å². The zero-order valence-electron chi connectivity index (χ0n) is 9.63. The van der Waals surface area contributed by atoms with Crippen LogP contribution in [0.4, 0.5) is 21.6 Å². The van der Waals surface area contributed by atoms with Crippen molar-refractivity contribution < 1.29 is 9.31 Å². The van der Waals surface area contributed by atoms with Gasteiger partial charge in [0.2, 0.25) is 0 Å². The monoisotopic (exact) mass is 314 g/mol. The van der Waals surface area contributed by atoms with E-state index >= 15 is 0 Å². The van der Waals surface area contributed by atoms with E-state index in [4.69, 9.17) is 23.2 Å². The van der Waals surface area contributed by atoms with Crippen LogP contribution < -0.4 is 0 Å². The molecule has 0 spiro atoms. The molecule has 0 amide bonds. The van der Waals surface area contributed by atoms with Crippen molar-refractivity contribution in [2.75, 3.05) is 0 Å². The van der Waals surface area contributed by atoms with Crippen molar-refractivity contribution in [3.63, 3.8) is 0 Å². The van der Waals surface area contributed by atoms with Gasteiger partial charge < -0.3 is 0 Å². The van der Waals surface area contributed by atoms with Gasteiger partial charge in [-0.2, -0.15) is 0 Å². The summed E-state index contributed by atoms with van der Waals surface area (Å²) in [5.74, 6) is -0.635. The standard InChI is InChI=1S/C11H5Cl2FN4O2/c12-6-1-2-11(15-5-6)17-16-9-4-10(18(19)20)7(13)3-8(9)14/h1-5H. The van der Waals surface area contributed by atoms with Crippen molar-refractivity contribution in [1.82, 2.24) is 4.98 Å². The lowest BCUT2D eigenvalue weighted by Crippen LogP contribution is -1.90. The Morgan fingerprint density at radius 2 is 2.00 bits per heavy atom. The van der Waals surface area contributed by atoms with Gasteiger partial charge in [0.1, 0.15) is 10.7 Å². The number of hydrogen-bond donors (Lipinski definition) is 0. The van der Waals surface area contributed by atoms with E-state index in [0.717, 1.165) is 12.1 Å². The predicted octanol–water partition coefficient (Wildman–Crippen LogP) is 4.85. The van der Waals surface area contributed by atoms with Gasteiger partial charge in [-0.15, -0.1) is 10.2 Å². The van der Waals surface area contributed by atoms with Crippen LogP contribution in [0.15, 0.2) is 40.7 Å². The Balaban J connectivity index is 2.35. The highest BCUT2D eigenvalue weighted by Crippen LogP contribution is 2.32. The van der Waals surface area contributed by atoms with Gasteiger partial charge in [-0.1, -0.05) is 23.2 Å². The molecule has 0 aliphatic rings. The first-order valence-corrected chi connectivity index (χ1v) is 5.89. The number of nitro groups is 1. The zero-order valence-corrected chi connectivity index (χ0v) is 11.1. The van der Waals surface area contributed by atoms with E-state index in [1.54, 1.807) is 0 Å². The molecule has 1 aromatic carbocycles. The van der Waals surface area contributed by atoms with Crippen LogP contribution in [-0.2, 0) is 0 Å². The zero-order chi connectivity index (χ0) is 14.7. The normalized spacial score (nSPS) is 10.9. The van der Waals surface area contributed by atoms with Crippen LogP contribution in [0.5, 0.6) is 0 Å². The summed E-state index contributed by atoms with van der Waals surface area (Å²) in [7, 11) is 0. The number of nitro benzene ring substituents is 1. The summed E-state index contributed by atoms with van der Waals surface area (Å²) in [6, 6.07) is 4.71. The molecular weight excluding hydrogens is 310 g/mol. The molecule has 0 bridgehead atoms. The van der Waals surface area contributed by atoms with Crippen LogP contribution in [0.1, 0.15) is 0 Å². The van der Waals surface area contributed by atoms with E-state index in [1.165, 1.54) is 18.3 Å². The molecule has 9 heteroatoms. The summed E-state index contributed by atoms with van der Waals surface area (Å²) in [4.78, 5) is 13.8. The molecule has 0 aliphatic carbocycles. The fraction of sp³-hybridized carbons (Fsp3) is 0. The maximum absolute atomic E-state index is 13.6. The fourth-order valence-electron chi connectivity index (χ4n) is 1.28. The summed E-state index contributed by atoms with van der Waals surface area (Å²) in [5.41, 5.74) is -0.760. The minimum atomic E-state index is -0.821. The highest BCUT2D eigenvalue weighted by atomic mass is 35.5. The first kappa shape index (κ1) is 14.3. The Morgan fingerprint density at radius 3 is 2.60 bits per heavy atom. The number of halogens is 3. The Bertz CT molecular complexity index is 692. The minimum Gasteiger partial charge on any atom is -0.258 e. The third-order valence-electron chi connectivity index (χ3n) is 2.18. The molecule has 0 fully saturated rings. The second-order valence-corrected chi connectivity index (χ2v) is 4.39. The molecule has 20 heavy (non-hydrogen) atoms. The molecule has 6 nitrogen and oxygen atoms in total. The molecule has 102 valence electrons. The van der Waals surface area contributed by atoms with Gasteiger partial charge in [0.05, 0.1) is 9.95 Å². The van der Waals surface area contributed by atoms with E-state index in [2.05, 4.69) is 15.2 Å². The van der Waals surface area contributed by atoms with Gasteiger partial charge in [-0.25, -0.2) is 9.37 Å². The second kappa shape index (κ2) is 5.89. The number of pyridine rings is 1. The Morgan fingerprint density at radius 1 is 1.25 bits per heavy atom. The molecule has 1 aromatic heterocycles. The summed E-state index contributed by atoms with van der Waals surface area (Å²) in [5, 5.41) is 18.0. The van der Waals surface area contributed by atoms with E-state index in [9.17, 15) is 14.5 Å². The highest BCUT2D eigenvalue weighted by molar-refractivity contribution is 6.32. The number of rotatable bonds is 3. The minimum absolute atomic E-state index is 0.186. The van der Waals surface area contributed by atoms with E-state index in [0.29, 0.717) is 5.02 Å². The first-order valence-electron chi connectivity index (χ1n) is 5.14. The number of aromatic nitrogens is 1. The van der Waals surface area contributed by atoms with Gasteiger partial charge in [0, 0.05) is 18.3 Å². The van der Waals surface area contributed by atoms with Crippen molar-refractivity contribution in [1.29, 1.82) is 0 Å². The fourth-order valence-corrected chi connectivity index (χ4v) is 1.61. The Hall–Kier alpha value is -2.12. The van der Waals surface area contributed by atoms with Crippen LogP contribution >= 0.6 is 23.2 Å². The highest BCUT2D eigenvalue weighted by Gasteiger charge is 2.16. The van der Waals surface area contributed by atoms with Gasteiger partial charge in [0.15, 0.2) is 11.6 Å². The summed E-state index contributed by atoms with van der Waals surface area (Å²) in [6.45, 7) is 0. The van der Waals surface area contributed by atoms with Crippen molar-refractivity contribution >= 4 is 40.4 Å². The van der Waals surface area contributed by atoms with Crippen molar-refractivity contribution in [2.45, 2.75) is 0 Å². The largest absolute Gasteiger partial charge is 0.290 e. The quantitative estimate of drug-likeness (QED) is 0.461. The molecule has 0 saturated carbocycles. The molecule has 2 rings (SSSR count). The topological polar surface area (TPSA) is 80.8 Å². The van der Waals surface area contributed by atoms with Gasteiger partial charge >= 0.3 is 0 Å². The molecule has 0 saturated heterocycles. The number of benzene rings is 1. The summed E-state index contributed by atoms with van der Waals surface area (Å²) < 4.78 is 13.6. The maximum atomic E-state index is 13.6. The van der Waals surface area contributed by atoms with Crippen molar-refractivity contribution in [3.05, 3.63) is 56.4 Å². The molecule has 2 aromatic rings. The van der Waals surface area contributed by atoms with Crippen LogP contribution in [-0.4, -0.2) is 9.91 Å². The second-order valence-electron chi connectivity index (χ2n) is 3.55. The number of azo groups is 1. The van der Waals surface area contributed by atoms with Gasteiger partial charge in [0.25, 0.3) is 5.69 Å². The average molecular weight is 315 g/mol. The van der Waals surface area contributed by atoms with Gasteiger partial charge in [-0.05, 0) is 12.1 Å². The molecule has 1 heterocycles. The molecule has 0 unspecified atom stereocenters.